The van der Waals surface area contributed by atoms with Crippen LogP contribution in [0.1, 0.15) is 31.4 Å². The van der Waals surface area contributed by atoms with Gasteiger partial charge in [0.1, 0.15) is 11.4 Å². The van der Waals surface area contributed by atoms with Gasteiger partial charge in [-0.15, -0.1) is 0 Å². The second-order valence-corrected chi connectivity index (χ2v) is 6.21. The first-order chi connectivity index (χ1) is 9.97. The Labute approximate surface area is 121 Å². The van der Waals surface area contributed by atoms with Crippen molar-refractivity contribution in [2.24, 2.45) is 11.3 Å². The predicted molar refractivity (Wildman–Crippen MR) is 72.0 cm³/mol. The maximum Gasteiger partial charge on any atom is 0.433 e. The van der Waals surface area contributed by atoms with Crippen molar-refractivity contribution in [1.29, 1.82) is 0 Å². The van der Waals surface area contributed by atoms with Crippen molar-refractivity contribution in [3.05, 3.63) is 24.0 Å². The van der Waals surface area contributed by atoms with Gasteiger partial charge in [0.15, 0.2) is 0 Å². The fraction of sp³-hybridized carbons (Fsp3) is 0.667. The Balaban J connectivity index is 1.50. The first kappa shape index (κ1) is 14.6. The molecule has 0 unspecified atom stereocenters. The molecule has 1 spiro atoms. The van der Waals surface area contributed by atoms with Crippen LogP contribution in [0.5, 0.6) is 5.75 Å². The van der Waals surface area contributed by atoms with Gasteiger partial charge in [-0.1, -0.05) is 0 Å². The molecule has 3 rings (SSSR count). The largest absolute Gasteiger partial charge is 0.493 e. The maximum atomic E-state index is 12.6. The van der Waals surface area contributed by atoms with Crippen LogP contribution in [0.4, 0.5) is 13.2 Å². The van der Waals surface area contributed by atoms with E-state index >= 15 is 0 Å². The summed E-state index contributed by atoms with van der Waals surface area (Å²) in [6.45, 7) is 2.65. The van der Waals surface area contributed by atoms with Gasteiger partial charge >= 0.3 is 6.18 Å². The van der Waals surface area contributed by atoms with Crippen LogP contribution in [-0.2, 0) is 6.18 Å². The minimum Gasteiger partial charge on any atom is -0.493 e. The zero-order chi connectivity index (χ0) is 14.9. The molecule has 0 aromatic carbocycles. The molecule has 1 saturated carbocycles. The Morgan fingerprint density at radius 3 is 2.67 bits per heavy atom. The van der Waals surface area contributed by atoms with Crippen LogP contribution in [0.3, 0.4) is 0 Å². The normalized spacial score (nSPS) is 22.0. The van der Waals surface area contributed by atoms with Crippen molar-refractivity contribution in [1.82, 2.24) is 10.3 Å². The van der Waals surface area contributed by atoms with Crippen LogP contribution in [0, 0.1) is 11.3 Å². The summed E-state index contributed by atoms with van der Waals surface area (Å²) in [4.78, 5) is 3.33. The molecule has 2 heterocycles. The van der Waals surface area contributed by atoms with E-state index in [9.17, 15) is 13.2 Å². The topological polar surface area (TPSA) is 34.1 Å². The number of nitrogens with zero attached hydrogens (tertiary/aromatic N) is 1. The third kappa shape index (κ3) is 3.31. The minimum absolute atomic E-state index is 0.253. The number of hydrogen-bond donors (Lipinski definition) is 1. The van der Waals surface area contributed by atoms with E-state index in [4.69, 9.17) is 4.74 Å². The standard InChI is InChI=1S/C15H19F3N2O/c16-15(17,18)13-7-12(1-4-20-13)21-10-11-8-14(9-11)2-5-19-6-3-14/h1,4,7,11,19H,2-3,5-6,8-10H2. The number of halogens is 3. The third-order valence-corrected chi connectivity index (χ3v) is 4.62. The summed E-state index contributed by atoms with van der Waals surface area (Å²) in [6, 6.07) is 2.45. The summed E-state index contributed by atoms with van der Waals surface area (Å²) in [7, 11) is 0. The fourth-order valence-corrected chi connectivity index (χ4v) is 3.52. The van der Waals surface area contributed by atoms with Crippen molar-refractivity contribution >= 4 is 0 Å². The van der Waals surface area contributed by atoms with E-state index in [1.165, 1.54) is 18.9 Å². The molecule has 3 nitrogen and oxygen atoms in total. The summed E-state index contributed by atoms with van der Waals surface area (Å²) < 4.78 is 43.2. The van der Waals surface area contributed by atoms with E-state index in [0.29, 0.717) is 17.9 Å². The molecule has 1 aliphatic carbocycles. The molecule has 1 aromatic heterocycles. The molecule has 0 bridgehead atoms. The molecular weight excluding hydrogens is 281 g/mol. The second-order valence-electron chi connectivity index (χ2n) is 6.21. The number of hydrogen-bond acceptors (Lipinski definition) is 3. The van der Waals surface area contributed by atoms with Gasteiger partial charge in [-0.2, -0.15) is 13.2 Å². The van der Waals surface area contributed by atoms with E-state index in [2.05, 4.69) is 10.3 Å². The molecular formula is C15H19F3N2O. The highest BCUT2D eigenvalue weighted by Crippen LogP contribution is 2.51. The Kier molecular flexibility index (Phi) is 3.82. The Morgan fingerprint density at radius 1 is 1.29 bits per heavy atom. The quantitative estimate of drug-likeness (QED) is 0.930. The predicted octanol–water partition coefficient (Wildman–Crippen LogP) is 3.26. The summed E-state index contributed by atoms with van der Waals surface area (Å²) >= 11 is 0. The lowest BCUT2D eigenvalue weighted by molar-refractivity contribution is -0.141. The van der Waals surface area contributed by atoms with Crippen LogP contribution < -0.4 is 10.1 Å². The smallest absolute Gasteiger partial charge is 0.433 e. The number of piperidine rings is 1. The van der Waals surface area contributed by atoms with Crippen molar-refractivity contribution in [2.75, 3.05) is 19.7 Å². The lowest BCUT2D eigenvalue weighted by atomic mass is 9.58. The summed E-state index contributed by atoms with van der Waals surface area (Å²) in [5.41, 5.74) is -0.433. The first-order valence-corrected chi connectivity index (χ1v) is 7.34. The highest BCUT2D eigenvalue weighted by atomic mass is 19.4. The number of alkyl halides is 3. The number of nitrogens with one attached hydrogen (secondary N) is 1. The Hall–Kier alpha value is -1.30. The van der Waals surface area contributed by atoms with Crippen LogP contribution in [-0.4, -0.2) is 24.7 Å². The molecule has 1 aliphatic heterocycles. The third-order valence-electron chi connectivity index (χ3n) is 4.62. The SMILES string of the molecule is FC(F)(F)c1cc(OCC2CC3(CCNCC3)C2)ccn1. The highest BCUT2D eigenvalue weighted by molar-refractivity contribution is 5.24. The molecule has 0 radical (unpaired) electrons. The van der Waals surface area contributed by atoms with Crippen molar-refractivity contribution in [3.63, 3.8) is 0 Å². The molecule has 2 fully saturated rings. The number of ether oxygens (including phenoxy) is 1. The van der Waals surface area contributed by atoms with Gasteiger partial charge in [0.2, 0.25) is 0 Å². The second kappa shape index (κ2) is 5.48. The van der Waals surface area contributed by atoms with Crippen LogP contribution >= 0.6 is 0 Å². The summed E-state index contributed by atoms with van der Waals surface area (Å²) in [5, 5.41) is 3.36. The van der Waals surface area contributed by atoms with Gasteiger partial charge in [0.05, 0.1) is 6.61 Å². The fourth-order valence-electron chi connectivity index (χ4n) is 3.52. The number of pyridine rings is 1. The molecule has 21 heavy (non-hydrogen) atoms. The molecule has 1 saturated heterocycles. The lowest BCUT2D eigenvalue weighted by Gasteiger charge is -2.50. The molecule has 116 valence electrons. The van der Waals surface area contributed by atoms with E-state index < -0.39 is 11.9 Å². The van der Waals surface area contributed by atoms with Gasteiger partial charge in [0.25, 0.3) is 0 Å². The monoisotopic (exact) mass is 300 g/mol. The molecule has 1 aromatic rings. The van der Waals surface area contributed by atoms with Crippen molar-refractivity contribution in [2.45, 2.75) is 31.9 Å². The summed E-state index contributed by atoms with van der Waals surface area (Å²) in [5.74, 6) is 0.717. The van der Waals surface area contributed by atoms with Crippen LogP contribution in [0.15, 0.2) is 18.3 Å². The molecule has 2 aliphatic rings. The van der Waals surface area contributed by atoms with E-state index in [0.717, 1.165) is 38.2 Å². The zero-order valence-corrected chi connectivity index (χ0v) is 11.7. The van der Waals surface area contributed by atoms with Gasteiger partial charge in [-0.25, -0.2) is 0 Å². The zero-order valence-electron chi connectivity index (χ0n) is 11.7. The maximum absolute atomic E-state index is 12.6. The Bertz CT molecular complexity index is 490. The van der Waals surface area contributed by atoms with E-state index in [-0.39, 0.29) is 5.75 Å². The van der Waals surface area contributed by atoms with Crippen molar-refractivity contribution < 1.29 is 17.9 Å². The summed E-state index contributed by atoms with van der Waals surface area (Å²) in [6.07, 6.45) is 1.40. The first-order valence-electron chi connectivity index (χ1n) is 7.34. The van der Waals surface area contributed by atoms with Gasteiger partial charge in [-0.05, 0) is 56.2 Å². The number of aromatic nitrogens is 1. The lowest BCUT2D eigenvalue weighted by Crippen LogP contribution is -2.46. The number of rotatable bonds is 3. The van der Waals surface area contributed by atoms with Crippen LogP contribution in [0.25, 0.3) is 0 Å². The van der Waals surface area contributed by atoms with Crippen LogP contribution in [0.2, 0.25) is 0 Å². The molecule has 1 N–H and O–H groups in total. The molecule has 6 heteroatoms. The Morgan fingerprint density at radius 2 is 2.00 bits per heavy atom. The average molecular weight is 300 g/mol. The van der Waals surface area contributed by atoms with Gasteiger partial charge in [0, 0.05) is 12.3 Å². The molecule has 0 amide bonds. The van der Waals surface area contributed by atoms with E-state index in [1.54, 1.807) is 0 Å². The average Bonchev–Trinajstić information content (AvgIpc) is 2.43. The molecule has 0 atom stereocenters. The highest BCUT2D eigenvalue weighted by Gasteiger charge is 2.44. The van der Waals surface area contributed by atoms with Gasteiger partial charge < -0.3 is 10.1 Å². The minimum atomic E-state index is -4.42. The van der Waals surface area contributed by atoms with Gasteiger partial charge in [-0.3, -0.25) is 4.98 Å². The van der Waals surface area contributed by atoms with E-state index in [1.807, 2.05) is 0 Å². The van der Waals surface area contributed by atoms with Crippen molar-refractivity contribution in [3.8, 4) is 5.75 Å².